The molecule has 1 aromatic heterocycles. The van der Waals surface area contributed by atoms with Gasteiger partial charge in [0.2, 0.25) is 0 Å². The van der Waals surface area contributed by atoms with Gasteiger partial charge in [-0.2, -0.15) is 0 Å². The normalized spacial score (nSPS) is 10.6. The lowest BCUT2D eigenvalue weighted by Crippen LogP contribution is -2.02. The Labute approximate surface area is 90.5 Å². The second-order valence-corrected chi connectivity index (χ2v) is 3.39. The van der Waals surface area contributed by atoms with Gasteiger partial charge in [0.1, 0.15) is 11.5 Å². The predicted octanol–water partition coefficient (Wildman–Crippen LogP) is 1.52. The molecule has 84 valence electrons. The molecule has 0 fully saturated rings. The van der Waals surface area contributed by atoms with E-state index in [1.807, 2.05) is 0 Å². The summed E-state index contributed by atoms with van der Waals surface area (Å²) in [7, 11) is 1.42. The van der Waals surface area contributed by atoms with Crippen LogP contribution in [0.2, 0.25) is 0 Å². The van der Waals surface area contributed by atoms with Gasteiger partial charge in [-0.05, 0) is 13.0 Å². The molecule has 2 aromatic rings. The van der Waals surface area contributed by atoms with Crippen molar-refractivity contribution in [3.8, 4) is 17.4 Å². The third kappa shape index (κ3) is 1.37. The molecular weight excluding hydrogens is 212 g/mol. The second kappa shape index (κ2) is 3.44. The molecule has 1 aromatic carbocycles. The van der Waals surface area contributed by atoms with Gasteiger partial charge in [-0.3, -0.25) is 0 Å². The summed E-state index contributed by atoms with van der Waals surface area (Å²) >= 11 is 0. The largest absolute Gasteiger partial charge is 0.508 e. The highest BCUT2D eigenvalue weighted by atomic mass is 16.5. The minimum Gasteiger partial charge on any atom is -0.508 e. The van der Waals surface area contributed by atoms with Gasteiger partial charge >= 0.3 is 5.63 Å². The first-order valence-corrected chi connectivity index (χ1v) is 4.58. The first-order valence-electron chi connectivity index (χ1n) is 4.58. The summed E-state index contributed by atoms with van der Waals surface area (Å²) in [6, 6.07) is 2.64. The molecule has 0 spiro atoms. The Balaban J connectivity index is 3.05. The summed E-state index contributed by atoms with van der Waals surface area (Å²) < 4.78 is 9.66. The fourth-order valence-corrected chi connectivity index (χ4v) is 1.64. The number of phenolic OH excluding ortho intramolecular Hbond substituents is 1. The summed E-state index contributed by atoms with van der Waals surface area (Å²) in [5.74, 6) is -0.223. The summed E-state index contributed by atoms with van der Waals surface area (Å²) in [5, 5.41) is 19.4. The lowest BCUT2D eigenvalue weighted by molar-refractivity contribution is 0.309. The minimum atomic E-state index is -0.715. The molecule has 0 saturated heterocycles. The lowest BCUT2D eigenvalue weighted by atomic mass is 10.1. The average molecular weight is 222 g/mol. The van der Waals surface area contributed by atoms with Crippen molar-refractivity contribution >= 4 is 10.8 Å². The maximum Gasteiger partial charge on any atom is 0.346 e. The molecule has 0 unspecified atom stereocenters. The van der Waals surface area contributed by atoms with Crippen molar-refractivity contribution in [3.05, 3.63) is 28.1 Å². The van der Waals surface area contributed by atoms with Crippen molar-refractivity contribution in [1.29, 1.82) is 0 Å². The number of phenols is 1. The number of benzene rings is 1. The lowest BCUT2D eigenvalue weighted by Gasteiger charge is -2.08. The summed E-state index contributed by atoms with van der Waals surface area (Å²) in [6.45, 7) is 1.60. The maximum atomic E-state index is 11.5. The standard InChI is InChI=1S/C11H10O5/c1-5-9-7(11(14)16-10(5)13)3-6(12)4-8(9)15-2/h3-4,12-13H,1-2H3. The van der Waals surface area contributed by atoms with Gasteiger partial charge in [-0.25, -0.2) is 4.79 Å². The van der Waals surface area contributed by atoms with Gasteiger partial charge in [0.05, 0.1) is 12.5 Å². The van der Waals surface area contributed by atoms with E-state index in [1.165, 1.54) is 19.2 Å². The maximum absolute atomic E-state index is 11.5. The Morgan fingerprint density at radius 3 is 2.62 bits per heavy atom. The van der Waals surface area contributed by atoms with Gasteiger partial charge in [0.25, 0.3) is 5.95 Å². The van der Waals surface area contributed by atoms with E-state index in [0.717, 1.165) is 0 Å². The molecule has 0 atom stereocenters. The van der Waals surface area contributed by atoms with Crippen LogP contribution in [0.3, 0.4) is 0 Å². The molecule has 2 N–H and O–H groups in total. The number of hydrogen-bond acceptors (Lipinski definition) is 5. The van der Waals surface area contributed by atoms with E-state index in [9.17, 15) is 15.0 Å². The molecule has 0 radical (unpaired) electrons. The van der Waals surface area contributed by atoms with Gasteiger partial charge in [0, 0.05) is 17.0 Å². The Morgan fingerprint density at radius 1 is 1.31 bits per heavy atom. The highest BCUT2D eigenvalue weighted by molar-refractivity contribution is 5.92. The van der Waals surface area contributed by atoms with Crippen LogP contribution >= 0.6 is 0 Å². The number of hydrogen-bond donors (Lipinski definition) is 2. The molecule has 0 amide bonds. The van der Waals surface area contributed by atoms with Gasteiger partial charge in [0.15, 0.2) is 0 Å². The molecule has 0 aliphatic heterocycles. The fourth-order valence-electron chi connectivity index (χ4n) is 1.64. The van der Waals surface area contributed by atoms with E-state index in [1.54, 1.807) is 6.92 Å². The first kappa shape index (κ1) is 10.4. The molecule has 5 heteroatoms. The third-order valence-electron chi connectivity index (χ3n) is 2.41. The highest BCUT2D eigenvalue weighted by Gasteiger charge is 2.15. The van der Waals surface area contributed by atoms with Crippen LogP contribution in [0.15, 0.2) is 21.3 Å². The number of aryl methyl sites for hydroxylation is 1. The topological polar surface area (TPSA) is 79.9 Å². The van der Waals surface area contributed by atoms with Crippen LogP contribution in [0.5, 0.6) is 17.4 Å². The van der Waals surface area contributed by atoms with Crippen molar-refractivity contribution in [2.75, 3.05) is 7.11 Å². The summed E-state index contributed by atoms with van der Waals surface area (Å²) in [4.78, 5) is 11.5. The van der Waals surface area contributed by atoms with Crippen molar-refractivity contribution in [2.24, 2.45) is 0 Å². The van der Waals surface area contributed by atoms with E-state index in [0.29, 0.717) is 16.7 Å². The SMILES string of the molecule is COc1cc(O)cc2c(=O)oc(O)c(C)c12. The molecular formula is C11H10O5. The summed E-state index contributed by atoms with van der Waals surface area (Å²) in [5.41, 5.74) is -0.321. The van der Waals surface area contributed by atoms with Gasteiger partial charge in [-0.1, -0.05) is 0 Å². The highest BCUT2D eigenvalue weighted by Crippen LogP contribution is 2.34. The fraction of sp³-hybridized carbons (Fsp3) is 0.182. The van der Waals surface area contributed by atoms with E-state index in [4.69, 9.17) is 4.74 Å². The predicted molar refractivity (Wildman–Crippen MR) is 57.1 cm³/mol. The molecule has 0 bridgehead atoms. The molecule has 5 nitrogen and oxygen atoms in total. The first-order chi connectivity index (χ1) is 7.54. The third-order valence-corrected chi connectivity index (χ3v) is 2.41. The van der Waals surface area contributed by atoms with Crippen LogP contribution in [0.25, 0.3) is 10.8 Å². The summed E-state index contributed by atoms with van der Waals surface area (Å²) in [6.07, 6.45) is 0. The van der Waals surface area contributed by atoms with Crippen LogP contribution < -0.4 is 10.4 Å². The number of ether oxygens (including phenoxy) is 1. The van der Waals surface area contributed by atoms with Crippen molar-refractivity contribution in [1.82, 2.24) is 0 Å². The van der Waals surface area contributed by atoms with Crippen molar-refractivity contribution in [3.63, 3.8) is 0 Å². The Kier molecular flexibility index (Phi) is 2.23. The minimum absolute atomic E-state index is 0.0956. The number of rotatable bonds is 1. The van der Waals surface area contributed by atoms with E-state index < -0.39 is 11.6 Å². The average Bonchev–Trinajstić information content (AvgIpc) is 2.25. The Hall–Kier alpha value is -2.17. The molecule has 0 saturated carbocycles. The van der Waals surface area contributed by atoms with E-state index >= 15 is 0 Å². The van der Waals surface area contributed by atoms with Crippen molar-refractivity contribution in [2.45, 2.75) is 6.92 Å². The van der Waals surface area contributed by atoms with Crippen molar-refractivity contribution < 1.29 is 19.4 Å². The molecule has 2 rings (SSSR count). The van der Waals surface area contributed by atoms with Crippen LogP contribution in [-0.4, -0.2) is 17.3 Å². The molecule has 0 aliphatic rings. The van der Waals surface area contributed by atoms with E-state index in [-0.39, 0.29) is 11.1 Å². The quantitative estimate of drug-likeness (QED) is 0.764. The molecule has 0 aliphatic carbocycles. The Bertz CT molecular complexity index is 612. The van der Waals surface area contributed by atoms with Gasteiger partial charge < -0.3 is 19.4 Å². The zero-order valence-electron chi connectivity index (χ0n) is 8.77. The van der Waals surface area contributed by atoms with Crippen LogP contribution in [0.1, 0.15) is 5.56 Å². The van der Waals surface area contributed by atoms with Crippen LogP contribution in [-0.2, 0) is 0 Å². The zero-order chi connectivity index (χ0) is 11.9. The second-order valence-electron chi connectivity index (χ2n) is 3.39. The monoisotopic (exact) mass is 222 g/mol. The van der Waals surface area contributed by atoms with Crippen LogP contribution in [0.4, 0.5) is 0 Å². The molecule has 1 heterocycles. The van der Waals surface area contributed by atoms with Crippen LogP contribution in [0, 0.1) is 6.92 Å². The van der Waals surface area contributed by atoms with E-state index in [2.05, 4.69) is 4.42 Å². The molecule has 16 heavy (non-hydrogen) atoms. The number of methoxy groups -OCH3 is 1. The smallest absolute Gasteiger partial charge is 0.346 e. The Morgan fingerprint density at radius 2 is 2.00 bits per heavy atom. The zero-order valence-corrected chi connectivity index (χ0v) is 8.77. The van der Waals surface area contributed by atoms with Gasteiger partial charge in [-0.15, -0.1) is 0 Å². The number of fused-ring (bicyclic) bond motifs is 1. The number of aromatic hydroxyl groups is 2.